The zero-order valence-electron chi connectivity index (χ0n) is 15.4. The quantitative estimate of drug-likeness (QED) is 0.763. The van der Waals surface area contributed by atoms with Gasteiger partial charge in [0, 0.05) is 0 Å². The summed E-state index contributed by atoms with van der Waals surface area (Å²) in [5, 5.41) is 0. The molecule has 2 heterocycles. The molecule has 2 fully saturated rings. The van der Waals surface area contributed by atoms with Gasteiger partial charge in [-0.2, -0.15) is 0 Å². The smallest absolute Gasteiger partial charge is 0.187 e. The second-order valence-corrected chi connectivity index (χ2v) is 6.07. The Morgan fingerprint density at radius 1 is 0.833 bits per heavy atom. The largest absolute Gasteiger partial charge is 0.368 e. The fourth-order valence-electron chi connectivity index (χ4n) is 2.91. The molecule has 0 radical (unpaired) electrons. The summed E-state index contributed by atoms with van der Waals surface area (Å²) in [7, 11) is 0. The molecule has 2 aliphatic heterocycles. The first-order valence-corrected chi connectivity index (χ1v) is 8.20. The fourth-order valence-corrected chi connectivity index (χ4v) is 2.91. The van der Waals surface area contributed by atoms with Crippen molar-refractivity contribution in [3.63, 3.8) is 0 Å². The lowest BCUT2D eigenvalue weighted by Gasteiger charge is -2.33. The molecule has 4 heteroatoms. The summed E-state index contributed by atoms with van der Waals surface area (Å²) >= 11 is 0. The first-order valence-electron chi connectivity index (χ1n) is 9.35. The van der Waals surface area contributed by atoms with Crippen LogP contribution >= 0.6 is 0 Å². The van der Waals surface area contributed by atoms with Crippen LogP contribution < -0.4 is 0 Å². The van der Waals surface area contributed by atoms with E-state index in [0.29, 0.717) is 0 Å². The summed E-state index contributed by atoms with van der Waals surface area (Å²) in [5.41, 5.74) is 1.54. The standard InChI is InChI=1S/C20H22O4/c1-14-17(21-12-15-8-4-2-5-9-15)18(19-20(23-14)24-19)22-13-16-10-6-3-7-11-16/h2-11,14,17-20H,12-13H2,1H3/t14-,17+,18+,19-,20?/m0/s1/i12D,13D/t12?,13?,14-,17+,18+,19-,20?. The van der Waals surface area contributed by atoms with Gasteiger partial charge in [-0.1, -0.05) is 60.7 Å². The molecule has 4 rings (SSSR count). The van der Waals surface area contributed by atoms with E-state index >= 15 is 0 Å². The molecule has 2 saturated heterocycles. The molecule has 2 aromatic carbocycles. The van der Waals surface area contributed by atoms with E-state index < -0.39 is 25.4 Å². The lowest BCUT2D eigenvalue weighted by molar-refractivity contribution is -0.172. The third-order valence-electron chi connectivity index (χ3n) is 4.26. The van der Waals surface area contributed by atoms with Crippen LogP contribution in [0.2, 0.25) is 0 Å². The van der Waals surface area contributed by atoms with Gasteiger partial charge in [-0.15, -0.1) is 0 Å². The van der Waals surface area contributed by atoms with Gasteiger partial charge in [-0.05, 0) is 18.1 Å². The number of fused-ring (bicyclic) bond motifs is 1. The zero-order valence-corrected chi connectivity index (χ0v) is 13.4. The summed E-state index contributed by atoms with van der Waals surface area (Å²) in [4.78, 5) is 0. The van der Waals surface area contributed by atoms with Gasteiger partial charge in [-0.3, -0.25) is 0 Å². The highest BCUT2D eigenvalue weighted by Gasteiger charge is 2.57. The van der Waals surface area contributed by atoms with E-state index in [9.17, 15) is 0 Å². The maximum Gasteiger partial charge on any atom is 0.187 e. The van der Waals surface area contributed by atoms with Crippen LogP contribution in [0.15, 0.2) is 60.7 Å². The SMILES string of the molecule is [2H]C(O[C@@H]1[C@H](OC([2H])c2ccccc2)[C@H](C)OC2O[C@H]21)c1ccccc1. The maximum atomic E-state index is 8.34. The average molecular weight is 328 g/mol. The van der Waals surface area contributed by atoms with Crippen LogP contribution in [0.25, 0.3) is 0 Å². The second kappa shape index (κ2) is 7.03. The van der Waals surface area contributed by atoms with Crippen molar-refractivity contribution < 1.29 is 21.7 Å². The molecule has 24 heavy (non-hydrogen) atoms. The number of rotatable bonds is 6. The molecule has 3 unspecified atom stereocenters. The Kier molecular flexibility index (Phi) is 3.97. The highest BCUT2D eigenvalue weighted by molar-refractivity contribution is 5.15. The van der Waals surface area contributed by atoms with Gasteiger partial charge in [-0.25, -0.2) is 0 Å². The van der Waals surface area contributed by atoms with Crippen LogP contribution in [-0.2, 0) is 32.1 Å². The molecule has 4 nitrogen and oxygen atoms in total. The Labute approximate surface area is 145 Å². The van der Waals surface area contributed by atoms with Gasteiger partial charge in [0.2, 0.25) is 0 Å². The van der Waals surface area contributed by atoms with Crippen LogP contribution in [0.1, 0.15) is 20.8 Å². The van der Waals surface area contributed by atoms with Gasteiger partial charge in [0.25, 0.3) is 0 Å². The molecule has 7 atom stereocenters. The number of hydrogen-bond acceptors (Lipinski definition) is 4. The zero-order chi connectivity index (χ0) is 18.1. The fraction of sp³-hybridized carbons (Fsp3) is 0.400. The van der Waals surface area contributed by atoms with E-state index in [-0.39, 0.29) is 18.5 Å². The van der Waals surface area contributed by atoms with Gasteiger partial charge in [0.15, 0.2) is 6.29 Å². The van der Waals surface area contributed by atoms with Crippen molar-refractivity contribution in [3.05, 3.63) is 71.8 Å². The molecular formula is C20H22O4. The lowest BCUT2D eigenvalue weighted by Crippen LogP contribution is -2.49. The van der Waals surface area contributed by atoms with Crippen LogP contribution in [0.5, 0.6) is 0 Å². The molecule has 0 aromatic heterocycles. The van der Waals surface area contributed by atoms with E-state index in [1.807, 2.05) is 67.6 Å². The van der Waals surface area contributed by atoms with Crippen LogP contribution in [0, 0.1) is 0 Å². The van der Waals surface area contributed by atoms with E-state index in [2.05, 4.69) is 0 Å². The molecule has 0 aliphatic carbocycles. The van der Waals surface area contributed by atoms with Crippen molar-refractivity contribution in [2.45, 2.75) is 50.8 Å². The van der Waals surface area contributed by atoms with Crippen LogP contribution in [0.3, 0.4) is 0 Å². The molecule has 0 spiro atoms. The molecule has 126 valence electrons. The van der Waals surface area contributed by atoms with E-state index in [1.54, 1.807) is 0 Å². The highest BCUT2D eigenvalue weighted by atomic mass is 16.8. The third-order valence-corrected chi connectivity index (χ3v) is 4.26. The summed E-state index contributed by atoms with van der Waals surface area (Å²) in [5.74, 6) is 0. The summed E-state index contributed by atoms with van der Waals surface area (Å²) < 4.78 is 40.0. The molecule has 0 amide bonds. The summed E-state index contributed by atoms with van der Waals surface area (Å²) in [6.07, 6.45) is -1.79. The molecule has 0 bridgehead atoms. The summed E-state index contributed by atoms with van der Waals surface area (Å²) in [6.45, 7) is 0.191. The minimum Gasteiger partial charge on any atom is -0.368 e. The Bertz CT molecular complexity index is 667. The maximum absolute atomic E-state index is 8.34. The third kappa shape index (κ3) is 3.52. The van der Waals surface area contributed by atoms with Gasteiger partial charge >= 0.3 is 0 Å². The average Bonchev–Trinajstić information content (AvgIpc) is 3.44. The number of benzene rings is 2. The Balaban J connectivity index is 1.49. The van der Waals surface area contributed by atoms with Crippen molar-refractivity contribution in [2.75, 3.05) is 0 Å². The molecule has 2 aliphatic rings. The van der Waals surface area contributed by atoms with Gasteiger partial charge in [0.05, 0.1) is 22.0 Å². The highest BCUT2D eigenvalue weighted by Crippen LogP contribution is 2.39. The van der Waals surface area contributed by atoms with E-state index in [0.717, 1.165) is 11.1 Å². The molecular weight excluding hydrogens is 304 g/mol. The number of ether oxygens (including phenoxy) is 4. The molecule has 0 saturated carbocycles. The Morgan fingerprint density at radius 3 is 1.96 bits per heavy atom. The minimum absolute atomic E-state index is 0.254. The van der Waals surface area contributed by atoms with Crippen molar-refractivity contribution in [3.8, 4) is 0 Å². The summed E-state index contributed by atoms with van der Waals surface area (Å²) in [6, 6.07) is 18.8. The van der Waals surface area contributed by atoms with Gasteiger partial charge in [0.1, 0.15) is 18.3 Å². The van der Waals surface area contributed by atoms with Gasteiger partial charge < -0.3 is 18.9 Å². The second-order valence-electron chi connectivity index (χ2n) is 6.07. The molecule has 0 N–H and O–H groups in total. The lowest BCUT2D eigenvalue weighted by atomic mass is 10.0. The molecule has 2 aromatic rings. The topological polar surface area (TPSA) is 40.2 Å². The Hall–Kier alpha value is -1.72. The van der Waals surface area contributed by atoms with Crippen molar-refractivity contribution in [1.82, 2.24) is 0 Å². The predicted molar refractivity (Wildman–Crippen MR) is 89.2 cm³/mol. The Morgan fingerprint density at radius 2 is 1.38 bits per heavy atom. The minimum atomic E-state index is -0.852. The normalized spacial score (nSPS) is 35.3. The van der Waals surface area contributed by atoms with Crippen LogP contribution in [-0.4, -0.2) is 30.7 Å². The van der Waals surface area contributed by atoms with Crippen molar-refractivity contribution in [2.24, 2.45) is 0 Å². The van der Waals surface area contributed by atoms with E-state index in [1.165, 1.54) is 0 Å². The predicted octanol–water partition coefficient (Wildman–Crippen LogP) is 3.30. The first-order chi connectivity index (χ1) is 12.6. The first kappa shape index (κ1) is 13.6. The van der Waals surface area contributed by atoms with Crippen molar-refractivity contribution >= 4 is 0 Å². The van der Waals surface area contributed by atoms with Crippen molar-refractivity contribution in [1.29, 1.82) is 0 Å². The monoisotopic (exact) mass is 328 g/mol. The van der Waals surface area contributed by atoms with E-state index in [4.69, 9.17) is 21.7 Å². The number of epoxide rings is 1. The number of hydrogen-bond donors (Lipinski definition) is 0. The van der Waals surface area contributed by atoms with Crippen LogP contribution in [0.4, 0.5) is 0 Å².